The van der Waals surface area contributed by atoms with Crippen LogP contribution in [0.3, 0.4) is 0 Å². The van der Waals surface area contributed by atoms with Gasteiger partial charge in [0.15, 0.2) is 11.8 Å². The molecule has 2 atom stereocenters. The molecule has 0 bridgehead atoms. The molecular formula is C8H13NO5. The SMILES string of the molecule is CC1=NC(O)C(O)(CO)C(CO)=C1O. The molecule has 1 aliphatic heterocycles. The third kappa shape index (κ3) is 1.42. The van der Waals surface area contributed by atoms with Gasteiger partial charge >= 0.3 is 0 Å². The molecule has 5 N–H and O–H groups in total. The first-order valence-corrected chi connectivity index (χ1v) is 4.07. The molecule has 0 spiro atoms. The van der Waals surface area contributed by atoms with E-state index in [0.717, 1.165) is 0 Å². The summed E-state index contributed by atoms with van der Waals surface area (Å²) < 4.78 is 0. The van der Waals surface area contributed by atoms with Gasteiger partial charge in [-0.2, -0.15) is 0 Å². The molecule has 80 valence electrons. The van der Waals surface area contributed by atoms with Gasteiger partial charge in [0.25, 0.3) is 0 Å². The third-order valence-corrected chi connectivity index (χ3v) is 2.29. The second kappa shape index (κ2) is 3.66. The normalized spacial score (nSPS) is 33.2. The molecule has 1 rings (SSSR count). The molecule has 0 aromatic carbocycles. The summed E-state index contributed by atoms with van der Waals surface area (Å²) in [6.07, 6.45) is -1.58. The summed E-state index contributed by atoms with van der Waals surface area (Å²) in [5.41, 5.74) is -2.21. The summed E-state index contributed by atoms with van der Waals surface area (Å²) in [7, 11) is 0. The zero-order valence-corrected chi connectivity index (χ0v) is 7.67. The van der Waals surface area contributed by atoms with Crippen LogP contribution < -0.4 is 0 Å². The van der Waals surface area contributed by atoms with E-state index in [1.165, 1.54) is 6.92 Å². The Balaban J connectivity index is 3.23. The summed E-state index contributed by atoms with van der Waals surface area (Å²) in [6.45, 7) is -0.0666. The fourth-order valence-corrected chi connectivity index (χ4v) is 1.32. The topological polar surface area (TPSA) is 114 Å². The van der Waals surface area contributed by atoms with E-state index < -0.39 is 30.8 Å². The van der Waals surface area contributed by atoms with Crippen LogP contribution in [0.1, 0.15) is 6.92 Å². The second-order valence-corrected chi connectivity index (χ2v) is 3.16. The molecule has 0 aromatic heterocycles. The summed E-state index contributed by atoms with van der Waals surface area (Å²) in [4.78, 5) is 3.53. The van der Waals surface area contributed by atoms with E-state index in [9.17, 15) is 15.3 Å². The van der Waals surface area contributed by atoms with E-state index in [4.69, 9.17) is 10.2 Å². The third-order valence-electron chi connectivity index (χ3n) is 2.29. The Morgan fingerprint density at radius 3 is 2.43 bits per heavy atom. The highest BCUT2D eigenvalue weighted by Gasteiger charge is 2.44. The average Bonchev–Trinajstić information content (AvgIpc) is 2.16. The van der Waals surface area contributed by atoms with Crippen molar-refractivity contribution in [3.8, 4) is 0 Å². The minimum absolute atomic E-state index is 0.111. The number of aliphatic hydroxyl groups is 5. The fourth-order valence-electron chi connectivity index (χ4n) is 1.32. The minimum Gasteiger partial charge on any atom is -0.506 e. The smallest absolute Gasteiger partial charge is 0.180 e. The first kappa shape index (κ1) is 11.1. The van der Waals surface area contributed by atoms with Gasteiger partial charge in [-0.05, 0) is 6.92 Å². The van der Waals surface area contributed by atoms with Crippen molar-refractivity contribution in [1.82, 2.24) is 0 Å². The van der Waals surface area contributed by atoms with Crippen LogP contribution in [0, 0.1) is 0 Å². The van der Waals surface area contributed by atoms with Gasteiger partial charge in [0, 0.05) is 5.57 Å². The molecule has 0 amide bonds. The van der Waals surface area contributed by atoms with Crippen molar-refractivity contribution in [2.75, 3.05) is 13.2 Å². The summed E-state index contributed by atoms with van der Waals surface area (Å²) in [5.74, 6) is -0.394. The number of hydrogen-bond acceptors (Lipinski definition) is 6. The van der Waals surface area contributed by atoms with Gasteiger partial charge in [-0.1, -0.05) is 0 Å². The van der Waals surface area contributed by atoms with E-state index in [2.05, 4.69) is 4.99 Å². The molecule has 6 heteroatoms. The van der Waals surface area contributed by atoms with Crippen LogP contribution in [-0.4, -0.2) is 56.3 Å². The van der Waals surface area contributed by atoms with Crippen LogP contribution >= 0.6 is 0 Å². The summed E-state index contributed by atoms with van der Waals surface area (Å²) in [6, 6.07) is 0. The lowest BCUT2D eigenvalue weighted by atomic mass is 9.88. The zero-order chi connectivity index (χ0) is 10.9. The van der Waals surface area contributed by atoms with E-state index in [1.54, 1.807) is 0 Å². The van der Waals surface area contributed by atoms with Crippen LogP contribution in [-0.2, 0) is 0 Å². The van der Waals surface area contributed by atoms with E-state index in [1.807, 2.05) is 0 Å². The Morgan fingerprint density at radius 2 is 2.00 bits per heavy atom. The molecule has 0 fully saturated rings. The van der Waals surface area contributed by atoms with Crippen molar-refractivity contribution in [3.63, 3.8) is 0 Å². The lowest BCUT2D eigenvalue weighted by Gasteiger charge is -2.34. The molecule has 1 aliphatic rings. The van der Waals surface area contributed by atoms with Crippen molar-refractivity contribution >= 4 is 5.71 Å². The molecule has 14 heavy (non-hydrogen) atoms. The van der Waals surface area contributed by atoms with Gasteiger partial charge in [0.05, 0.1) is 18.9 Å². The monoisotopic (exact) mass is 203 g/mol. The molecule has 0 aromatic rings. The molecule has 2 unspecified atom stereocenters. The van der Waals surface area contributed by atoms with Crippen LogP contribution in [0.2, 0.25) is 0 Å². The highest BCUT2D eigenvalue weighted by Crippen LogP contribution is 2.28. The lowest BCUT2D eigenvalue weighted by Crippen LogP contribution is -2.51. The molecule has 0 aliphatic carbocycles. The van der Waals surface area contributed by atoms with Crippen LogP contribution in [0.15, 0.2) is 16.3 Å². The largest absolute Gasteiger partial charge is 0.506 e. The average molecular weight is 203 g/mol. The van der Waals surface area contributed by atoms with Crippen LogP contribution in [0.4, 0.5) is 0 Å². The van der Waals surface area contributed by atoms with Crippen molar-refractivity contribution in [3.05, 3.63) is 11.3 Å². The van der Waals surface area contributed by atoms with Gasteiger partial charge in [-0.3, -0.25) is 4.99 Å². The lowest BCUT2D eigenvalue weighted by molar-refractivity contribution is -0.0836. The Kier molecular flexibility index (Phi) is 2.91. The molecule has 0 saturated carbocycles. The summed E-state index contributed by atoms with van der Waals surface area (Å²) >= 11 is 0. The predicted octanol–water partition coefficient (Wildman–Crippen LogP) is -1.69. The van der Waals surface area contributed by atoms with Crippen molar-refractivity contribution in [2.45, 2.75) is 18.8 Å². The fraction of sp³-hybridized carbons (Fsp3) is 0.625. The van der Waals surface area contributed by atoms with Gasteiger partial charge in [-0.25, -0.2) is 0 Å². The number of aliphatic hydroxyl groups excluding tert-OH is 4. The highest BCUT2D eigenvalue weighted by atomic mass is 16.4. The van der Waals surface area contributed by atoms with Gasteiger partial charge in [-0.15, -0.1) is 0 Å². The van der Waals surface area contributed by atoms with Gasteiger partial charge < -0.3 is 25.5 Å². The van der Waals surface area contributed by atoms with Crippen molar-refractivity contribution < 1.29 is 25.5 Å². The van der Waals surface area contributed by atoms with Crippen LogP contribution in [0.25, 0.3) is 0 Å². The van der Waals surface area contributed by atoms with Crippen molar-refractivity contribution in [1.29, 1.82) is 0 Å². The summed E-state index contributed by atoms with van der Waals surface area (Å²) in [5, 5.41) is 46.3. The van der Waals surface area contributed by atoms with E-state index >= 15 is 0 Å². The Morgan fingerprint density at radius 1 is 1.43 bits per heavy atom. The number of nitrogens with zero attached hydrogens (tertiary/aromatic N) is 1. The zero-order valence-electron chi connectivity index (χ0n) is 7.67. The highest BCUT2D eigenvalue weighted by molar-refractivity contribution is 5.98. The first-order chi connectivity index (χ1) is 6.47. The maximum atomic E-state index is 9.71. The van der Waals surface area contributed by atoms with Crippen LogP contribution in [0.5, 0.6) is 0 Å². The van der Waals surface area contributed by atoms with Gasteiger partial charge in [0.2, 0.25) is 0 Å². The second-order valence-electron chi connectivity index (χ2n) is 3.16. The Bertz CT molecular complexity index is 298. The quantitative estimate of drug-likeness (QED) is 0.367. The minimum atomic E-state index is -2.10. The number of allylic oxidation sites excluding steroid dienone is 1. The van der Waals surface area contributed by atoms with E-state index in [-0.39, 0.29) is 11.3 Å². The standard InChI is InChI=1S/C8H13NO5/c1-4-6(12)5(2-10)8(14,3-11)7(13)9-4/h7,10-14H,2-3H2,1H3. The Hall–Kier alpha value is -0.950. The first-order valence-electron chi connectivity index (χ1n) is 4.07. The molecule has 0 radical (unpaired) electrons. The number of dihydropyridines is 1. The molecule has 1 heterocycles. The van der Waals surface area contributed by atoms with Gasteiger partial charge in [0.1, 0.15) is 5.76 Å². The molecular weight excluding hydrogens is 190 g/mol. The number of hydrogen-bond donors (Lipinski definition) is 5. The van der Waals surface area contributed by atoms with Crippen molar-refractivity contribution in [2.24, 2.45) is 4.99 Å². The van der Waals surface area contributed by atoms with E-state index in [0.29, 0.717) is 0 Å². The maximum Gasteiger partial charge on any atom is 0.180 e. The number of aliphatic imine (C=N–C) groups is 1. The maximum absolute atomic E-state index is 9.71. The molecule has 6 nitrogen and oxygen atoms in total. The number of rotatable bonds is 2. The predicted molar refractivity (Wildman–Crippen MR) is 47.9 cm³/mol. The Labute approximate surface area is 80.5 Å². The molecule has 0 saturated heterocycles.